The van der Waals surface area contributed by atoms with Gasteiger partial charge in [0, 0.05) is 18.2 Å². The Balaban J connectivity index is 2.37. The first kappa shape index (κ1) is 28.8. The number of phenols is 1. The predicted octanol–water partition coefficient (Wildman–Crippen LogP) is 4.38. The summed E-state index contributed by atoms with van der Waals surface area (Å²) >= 11 is 1.57. The number of phenolic OH excluding ortho intramolecular Hbond substituents is 1. The number of rotatable bonds is 13. The monoisotopic (exact) mass is 507 g/mol. The van der Waals surface area contributed by atoms with Crippen molar-refractivity contribution in [1.82, 2.24) is 15.5 Å². The summed E-state index contributed by atoms with van der Waals surface area (Å²) in [5, 5.41) is 16.3. The van der Waals surface area contributed by atoms with Gasteiger partial charge in [0.05, 0.1) is 0 Å². The number of benzene rings is 1. The zero-order chi connectivity index (χ0) is 26.0. The van der Waals surface area contributed by atoms with Crippen molar-refractivity contribution in [2.24, 2.45) is 0 Å². The molecule has 1 fully saturated rings. The number of thioether (sulfide) groups is 1. The van der Waals surface area contributed by atoms with Crippen LogP contribution in [0.2, 0.25) is 0 Å². The fourth-order valence-corrected chi connectivity index (χ4v) is 4.28. The second-order valence-electron chi connectivity index (χ2n) is 9.92. The molecule has 2 unspecified atom stereocenters. The van der Waals surface area contributed by atoms with Gasteiger partial charge >= 0.3 is 6.09 Å². The minimum absolute atomic E-state index is 0.0413. The van der Waals surface area contributed by atoms with Crippen molar-refractivity contribution in [3.05, 3.63) is 29.8 Å². The highest BCUT2D eigenvalue weighted by Crippen LogP contribution is 2.38. The molecule has 0 bridgehead atoms. The number of carbonyl (C=O) groups is 3. The van der Waals surface area contributed by atoms with Gasteiger partial charge in [-0.05, 0) is 64.5 Å². The zero-order valence-electron chi connectivity index (χ0n) is 21.6. The number of carbonyl (C=O) groups excluding carboxylic acids is 3. The maximum atomic E-state index is 13.9. The van der Waals surface area contributed by atoms with Crippen LogP contribution >= 0.6 is 11.8 Å². The van der Waals surface area contributed by atoms with Crippen LogP contribution in [0, 0.1) is 0 Å². The van der Waals surface area contributed by atoms with Gasteiger partial charge in [0.1, 0.15) is 23.4 Å². The number of para-hydroxylation sites is 1. The van der Waals surface area contributed by atoms with Gasteiger partial charge in [0.2, 0.25) is 11.8 Å². The van der Waals surface area contributed by atoms with E-state index in [-0.39, 0.29) is 23.6 Å². The molecule has 0 radical (unpaired) electrons. The molecule has 1 aliphatic rings. The Morgan fingerprint density at radius 2 is 1.89 bits per heavy atom. The second-order valence-corrected chi connectivity index (χ2v) is 10.9. The smallest absolute Gasteiger partial charge is 0.408 e. The van der Waals surface area contributed by atoms with E-state index in [4.69, 9.17) is 4.74 Å². The van der Waals surface area contributed by atoms with Gasteiger partial charge in [-0.15, -0.1) is 0 Å². The van der Waals surface area contributed by atoms with Gasteiger partial charge in [-0.2, -0.15) is 11.8 Å². The van der Waals surface area contributed by atoms with Crippen LogP contribution in [0.1, 0.15) is 77.8 Å². The van der Waals surface area contributed by atoms with Crippen LogP contribution in [0.25, 0.3) is 0 Å². The van der Waals surface area contributed by atoms with Gasteiger partial charge in [-0.25, -0.2) is 4.79 Å². The van der Waals surface area contributed by atoms with E-state index in [0.29, 0.717) is 24.3 Å². The summed E-state index contributed by atoms with van der Waals surface area (Å²) in [5.41, 5.74) is -0.328. The molecule has 3 N–H and O–H groups in total. The third-order valence-corrected chi connectivity index (χ3v) is 6.28. The molecule has 1 aromatic carbocycles. The Bertz CT molecular complexity index is 854. The largest absolute Gasteiger partial charge is 0.508 e. The van der Waals surface area contributed by atoms with Gasteiger partial charge < -0.3 is 25.4 Å². The Morgan fingerprint density at radius 1 is 1.20 bits per heavy atom. The van der Waals surface area contributed by atoms with E-state index in [2.05, 4.69) is 17.6 Å². The lowest BCUT2D eigenvalue weighted by atomic mass is 10.0. The number of ether oxygens (including phenoxy) is 1. The summed E-state index contributed by atoms with van der Waals surface area (Å²) in [7, 11) is 0. The maximum Gasteiger partial charge on any atom is 0.408 e. The third kappa shape index (κ3) is 9.28. The topological polar surface area (TPSA) is 108 Å². The fraction of sp³-hybridized carbons (Fsp3) is 0.654. The molecule has 2 rings (SSSR count). The molecule has 1 aromatic rings. The molecule has 3 amide bonds. The number of alkyl carbamates (subject to hydrolysis) is 1. The van der Waals surface area contributed by atoms with E-state index in [0.717, 1.165) is 32.1 Å². The lowest BCUT2D eigenvalue weighted by Gasteiger charge is -2.35. The van der Waals surface area contributed by atoms with Crippen molar-refractivity contribution in [3.63, 3.8) is 0 Å². The van der Waals surface area contributed by atoms with Crippen molar-refractivity contribution in [2.45, 2.75) is 89.9 Å². The molecular formula is C26H41N3O5S. The molecule has 0 aliphatic heterocycles. The van der Waals surface area contributed by atoms with E-state index in [9.17, 15) is 19.5 Å². The molecule has 8 nitrogen and oxygen atoms in total. The summed E-state index contributed by atoms with van der Waals surface area (Å²) in [6.45, 7) is 7.87. The Kier molecular flexibility index (Phi) is 11.2. The summed E-state index contributed by atoms with van der Waals surface area (Å²) in [6.07, 6.45) is 6.04. The third-order valence-electron chi connectivity index (χ3n) is 5.63. The summed E-state index contributed by atoms with van der Waals surface area (Å²) in [6, 6.07) is 4.65. The van der Waals surface area contributed by atoms with Crippen LogP contribution in [-0.2, 0) is 14.3 Å². The summed E-state index contributed by atoms with van der Waals surface area (Å²) < 4.78 is 5.40. The van der Waals surface area contributed by atoms with E-state index < -0.39 is 23.8 Å². The first-order valence-corrected chi connectivity index (χ1v) is 13.8. The van der Waals surface area contributed by atoms with Crippen molar-refractivity contribution in [1.29, 1.82) is 0 Å². The summed E-state index contributed by atoms with van der Waals surface area (Å²) in [5.74, 6) is -0.0663. The molecular weight excluding hydrogens is 466 g/mol. The van der Waals surface area contributed by atoms with Gasteiger partial charge in [-0.3, -0.25) is 9.59 Å². The Labute approximate surface area is 213 Å². The normalized spacial score (nSPS) is 15.1. The second kappa shape index (κ2) is 13.6. The molecule has 196 valence electrons. The number of hydrogen-bond acceptors (Lipinski definition) is 6. The minimum Gasteiger partial charge on any atom is -0.508 e. The van der Waals surface area contributed by atoms with Crippen molar-refractivity contribution < 1.29 is 24.2 Å². The molecule has 0 aromatic heterocycles. The molecule has 9 heteroatoms. The van der Waals surface area contributed by atoms with Crippen LogP contribution in [-0.4, -0.2) is 64.2 Å². The number of nitrogens with one attached hydrogen (secondary N) is 2. The maximum absolute atomic E-state index is 13.9. The highest BCUT2D eigenvalue weighted by Gasteiger charge is 2.44. The van der Waals surface area contributed by atoms with Gasteiger partial charge in [0.15, 0.2) is 0 Å². The van der Waals surface area contributed by atoms with Crippen LogP contribution < -0.4 is 10.6 Å². The van der Waals surface area contributed by atoms with Crippen LogP contribution in [0.4, 0.5) is 4.79 Å². The van der Waals surface area contributed by atoms with Gasteiger partial charge in [-0.1, -0.05) is 38.0 Å². The van der Waals surface area contributed by atoms with Crippen molar-refractivity contribution in [3.8, 4) is 5.75 Å². The molecule has 0 saturated heterocycles. The lowest BCUT2D eigenvalue weighted by Crippen LogP contribution is -2.54. The average Bonchev–Trinajstić information content (AvgIpc) is 3.62. The lowest BCUT2D eigenvalue weighted by molar-refractivity contribution is -0.143. The van der Waals surface area contributed by atoms with Crippen molar-refractivity contribution >= 4 is 29.7 Å². The Hall–Kier alpha value is -2.42. The van der Waals surface area contributed by atoms with E-state index in [1.807, 2.05) is 6.26 Å². The molecule has 1 aliphatic carbocycles. The van der Waals surface area contributed by atoms with Crippen LogP contribution in [0.5, 0.6) is 5.75 Å². The Morgan fingerprint density at radius 3 is 2.46 bits per heavy atom. The number of nitrogens with zero attached hydrogens (tertiary/aromatic N) is 1. The van der Waals surface area contributed by atoms with E-state index in [1.54, 1.807) is 55.6 Å². The highest BCUT2D eigenvalue weighted by atomic mass is 32.2. The van der Waals surface area contributed by atoms with Crippen LogP contribution in [0.3, 0.4) is 0 Å². The molecule has 0 spiro atoms. The molecule has 1 saturated carbocycles. The number of aromatic hydroxyl groups is 1. The van der Waals surface area contributed by atoms with Crippen molar-refractivity contribution in [2.75, 3.05) is 18.6 Å². The van der Waals surface area contributed by atoms with E-state index in [1.165, 1.54) is 6.07 Å². The van der Waals surface area contributed by atoms with Gasteiger partial charge in [0.25, 0.3) is 0 Å². The highest BCUT2D eigenvalue weighted by molar-refractivity contribution is 7.98. The van der Waals surface area contributed by atoms with Crippen LogP contribution in [0.15, 0.2) is 24.3 Å². The first-order chi connectivity index (χ1) is 16.6. The number of amides is 3. The predicted molar refractivity (Wildman–Crippen MR) is 139 cm³/mol. The molecule has 0 heterocycles. The zero-order valence-corrected chi connectivity index (χ0v) is 22.5. The summed E-state index contributed by atoms with van der Waals surface area (Å²) in [4.78, 5) is 41.5. The average molecular weight is 508 g/mol. The quantitative estimate of drug-likeness (QED) is 0.342. The number of unbranched alkanes of at least 4 members (excludes halogenated alkanes) is 2. The standard InChI is InChI=1S/C26H41N3O5S/c1-6-7-10-16-27-23(31)22(19-11-8-9-12-21(19)30)29(18-13-14-18)24(32)20(15-17-35-5)28-25(33)34-26(2,3)4/h8-9,11-12,18,20,22,30H,6-7,10,13-17H2,1-5H3,(H,27,31)(H,28,33). The SMILES string of the molecule is CCCCCNC(=O)C(c1ccccc1O)N(C(=O)C(CCSC)NC(=O)OC(C)(C)C)C1CC1. The minimum atomic E-state index is -0.991. The fourth-order valence-electron chi connectivity index (χ4n) is 3.81. The van der Waals surface area contributed by atoms with E-state index >= 15 is 0 Å². The first-order valence-electron chi connectivity index (χ1n) is 12.4. The molecule has 2 atom stereocenters. The number of hydrogen-bond donors (Lipinski definition) is 3. The molecule has 35 heavy (non-hydrogen) atoms.